The fourth-order valence-corrected chi connectivity index (χ4v) is 11.5. The second-order valence-electron chi connectivity index (χ2n) is 16.2. The standard InChI is InChI=1S/C52H43N/c1-3-9-37(10-4-1)39-15-22-45(23-16-39)53(46-24-17-40(18-25-46)38-11-5-2-6-12-38)47-26-19-41(20-27-47)42-21-28-51-49(34-42)48-13-7-8-14-50(48)52(51)43-30-35-29-36(32-43)33-44(52)31-35/h1-28,34-36,43-44H,29-33H2. The van der Waals surface area contributed by atoms with Crippen LogP contribution >= 0.6 is 0 Å². The van der Waals surface area contributed by atoms with Crippen LogP contribution < -0.4 is 4.90 Å². The third-order valence-electron chi connectivity index (χ3n) is 13.5. The van der Waals surface area contributed by atoms with Gasteiger partial charge in [-0.3, -0.25) is 0 Å². The van der Waals surface area contributed by atoms with Crippen LogP contribution in [0.4, 0.5) is 17.1 Å². The second kappa shape index (κ2) is 12.2. The Morgan fingerprint density at radius 2 is 0.736 bits per heavy atom. The Hall–Kier alpha value is -5.66. The molecule has 5 aliphatic carbocycles. The highest BCUT2D eigenvalue weighted by atomic mass is 15.1. The van der Waals surface area contributed by atoms with Crippen molar-refractivity contribution in [2.45, 2.75) is 37.5 Å². The number of rotatable bonds is 6. The van der Waals surface area contributed by atoms with Crippen LogP contribution in [-0.2, 0) is 5.41 Å². The molecule has 0 amide bonds. The van der Waals surface area contributed by atoms with Gasteiger partial charge in [0.15, 0.2) is 0 Å². The Labute approximate surface area is 313 Å². The van der Waals surface area contributed by atoms with Crippen molar-refractivity contribution in [1.29, 1.82) is 0 Å². The molecule has 1 spiro atoms. The maximum absolute atomic E-state index is 2.54. The molecule has 4 bridgehead atoms. The Balaban J connectivity index is 0.961. The molecule has 1 heteroatoms. The second-order valence-corrected chi connectivity index (χ2v) is 16.2. The van der Waals surface area contributed by atoms with E-state index in [1.165, 1.54) is 76.6 Å². The molecular formula is C52H43N. The van der Waals surface area contributed by atoms with Gasteiger partial charge in [0.05, 0.1) is 0 Å². The van der Waals surface area contributed by atoms with Crippen molar-refractivity contribution < 1.29 is 0 Å². The number of hydrogen-bond acceptors (Lipinski definition) is 1. The highest BCUT2D eigenvalue weighted by molar-refractivity contribution is 5.86. The summed E-state index contributed by atoms with van der Waals surface area (Å²) in [6.45, 7) is 0. The molecule has 7 aromatic carbocycles. The molecule has 1 nitrogen and oxygen atoms in total. The molecule has 0 radical (unpaired) electrons. The van der Waals surface area contributed by atoms with Crippen LogP contribution in [-0.4, -0.2) is 0 Å². The lowest BCUT2D eigenvalue weighted by molar-refractivity contribution is -0.0399. The number of fused-ring (bicyclic) bond motifs is 3. The van der Waals surface area contributed by atoms with Gasteiger partial charge in [0.25, 0.3) is 0 Å². The van der Waals surface area contributed by atoms with E-state index < -0.39 is 0 Å². The van der Waals surface area contributed by atoms with Crippen molar-refractivity contribution in [2.75, 3.05) is 4.90 Å². The zero-order valence-electron chi connectivity index (χ0n) is 30.0. The van der Waals surface area contributed by atoms with Crippen LogP contribution in [0.2, 0.25) is 0 Å². The average Bonchev–Trinajstić information content (AvgIpc) is 3.51. The summed E-state index contributed by atoms with van der Waals surface area (Å²) in [6.07, 6.45) is 7.17. The van der Waals surface area contributed by atoms with Crippen molar-refractivity contribution in [3.8, 4) is 44.5 Å². The fourth-order valence-electron chi connectivity index (χ4n) is 11.5. The summed E-state index contributed by atoms with van der Waals surface area (Å²) in [6, 6.07) is 65.4. The summed E-state index contributed by atoms with van der Waals surface area (Å²) in [5.74, 6) is 3.50. The minimum absolute atomic E-state index is 0.217. The lowest BCUT2D eigenvalue weighted by Gasteiger charge is -2.61. The quantitative estimate of drug-likeness (QED) is 0.169. The number of benzene rings is 7. The lowest BCUT2D eigenvalue weighted by atomic mass is 9.43. The minimum Gasteiger partial charge on any atom is -0.311 e. The van der Waals surface area contributed by atoms with E-state index in [1.54, 1.807) is 11.1 Å². The van der Waals surface area contributed by atoms with Crippen molar-refractivity contribution in [2.24, 2.45) is 23.7 Å². The van der Waals surface area contributed by atoms with E-state index >= 15 is 0 Å². The topological polar surface area (TPSA) is 3.24 Å². The smallest absolute Gasteiger partial charge is 0.0462 e. The third-order valence-corrected chi connectivity index (χ3v) is 13.5. The van der Waals surface area contributed by atoms with Crippen LogP contribution in [0, 0.1) is 23.7 Å². The monoisotopic (exact) mass is 681 g/mol. The Kier molecular flexibility index (Phi) is 7.12. The van der Waals surface area contributed by atoms with Crippen LogP contribution in [0.5, 0.6) is 0 Å². The molecule has 0 aliphatic heterocycles. The van der Waals surface area contributed by atoms with Gasteiger partial charge in [-0.05, 0) is 154 Å². The van der Waals surface area contributed by atoms with E-state index in [9.17, 15) is 0 Å². The van der Waals surface area contributed by atoms with E-state index in [2.05, 4.69) is 181 Å². The predicted molar refractivity (Wildman–Crippen MR) is 221 cm³/mol. The van der Waals surface area contributed by atoms with Crippen LogP contribution in [0.15, 0.2) is 176 Å². The highest BCUT2D eigenvalue weighted by Crippen LogP contribution is 2.69. The molecule has 7 aromatic rings. The molecule has 53 heavy (non-hydrogen) atoms. The van der Waals surface area contributed by atoms with Crippen molar-refractivity contribution >= 4 is 17.1 Å². The Morgan fingerprint density at radius 3 is 1.25 bits per heavy atom. The summed E-state index contributed by atoms with van der Waals surface area (Å²) in [5.41, 5.74) is 17.3. The molecule has 0 N–H and O–H groups in total. The van der Waals surface area contributed by atoms with Gasteiger partial charge in [-0.25, -0.2) is 0 Å². The average molecular weight is 682 g/mol. The van der Waals surface area contributed by atoms with Crippen LogP contribution in [0.3, 0.4) is 0 Å². The molecule has 256 valence electrons. The van der Waals surface area contributed by atoms with Gasteiger partial charge in [-0.1, -0.05) is 133 Å². The number of hydrogen-bond donors (Lipinski definition) is 0. The SMILES string of the molecule is c1ccc(-c2ccc(N(c3ccc(-c4ccccc4)cc3)c3ccc(-c4ccc5c(c4)-c4ccccc4C54C5CC6CC(C5)CC4C6)cc3)cc2)cc1. The molecule has 4 fully saturated rings. The van der Waals surface area contributed by atoms with Gasteiger partial charge < -0.3 is 4.90 Å². The summed E-state index contributed by atoms with van der Waals surface area (Å²) in [7, 11) is 0. The van der Waals surface area contributed by atoms with Gasteiger partial charge in [-0.15, -0.1) is 0 Å². The van der Waals surface area contributed by atoms with Crippen molar-refractivity contribution in [1.82, 2.24) is 0 Å². The number of anilines is 3. The van der Waals surface area contributed by atoms with Gasteiger partial charge in [0.1, 0.15) is 0 Å². The van der Waals surface area contributed by atoms with Gasteiger partial charge in [-0.2, -0.15) is 0 Å². The first-order valence-electron chi connectivity index (χ1n) is 19.7. The van der Waals surface area contributed by atoms with Gasteiger partial charge in [0, 0.05) is 22.5 Å². The number of nitrogens with zero attached hydrogens (tertiary/aromatic N) is 1. The van der Waals surface area contributed by atoms with Gasteiger partial charge in [0.2, 0.25) is 0 Å². The van der Waals surface area contributed by atoms with E-state index in [0.717, 1.165) is 40.7 Å². The first-order chi connectivity index (χ1) is 26.2. The normalized spacial score (nSPS) is 23.2. The molecule has 0 heterocycles. The predicted octanol–water partition coefficient (Wildman–Crippen LogP) is 13.9. The van der Waals surface area contributed by atoms with E-state index in [0.29, 0.717) is 0 Å². The first-order valence-corrected chi connectivity index (χ1v) is 19.7. The summed E-state index contributed by atoms with van der Waals surface area (Å²) in [5, 5.41) is 0. The minimum atomic E-state index is 0.217. The van der Waals surface area contributed by atoms with Crippen molar-refractivity contribution in [3.63, 3.8) is 0 Å². The van der Waals surface area contributed by atoms with E-state index in [-0.39, 0.29) is 5.41 Å². The van der Waals surface area contributed by atoms with Crippen LogP contribution in [0.25, 0.3) is 44.5 Å². The summed E-state index contributed by atoms with van der Waals surface area (Å²) in [4.78, 5) is 2.38. The molecular weight excluding hydrogens is 639 g/mol. The fraction of sp³-hybridized carbons (Fsp3) is 0.192. The Morgan fingerprint density at radius 1 is 0.340 bits per heavy atom. The first kappa shape index (κ1) is 30.9. The zero-order chi connectivity index (χ0) is 34.9. The van der Waals surface area contributed by atoms with E-state index in [4.69, 9.17) is 0 Å². The maximum Gasteiger partial charge on any atom is 0.0462 e. The Bertz CT molecular complexity index is 2310. The maximum atomic E-state index is 2.54. The lowest BCUT2D eigenvalue weighted by Crippen LogP contribution is -2.55. The molecule has 0 unspecified atom stereocenters. The molecule has 0 aromatic heterocycles. The molecule has 4 saturated carbocycles. The summed E-state index contributed by atoms with van der Waals surface area (Å²) >= 11 is 0. The van der Waals surface area contributed by atoms with Crippen molar-refractivity contribution in [3.05, 3.63) is 187 Å². The third kappa shape index (κ3) is 4.90. The zero-order valence-corrected chi connectivity index (χ0v) is 30.0. The largest absolute Gasteiger partial charge is 0.311 e. The highest BCUT2D eigenvalue weighted by Gasteiger charge is 2.61. The summed E-state index contributed by atoms with van der Waals surface area (Å²) < 4.78 is 0. The van der Waals surface area contributed by atoms with E-state index in [1.807, 2.05) is 0 Å². The van der Waals surface area contributed by atoms with Crippen LogP contribution in [0.1, 0.15) is 43.2 Å². The van der Waals surface area contributed by atoms with Gasteiger partial charge >= 0.3 is 0 Å². The molecule has 0 atom stereocenters. The molecule has 5 aliphatic rings. The molecule has 0 saturated heterocycles. The molecule has 12 rings (SSSR count).